The molecule has 144 valence electrons. The molecule has 2 aromatic carbocycles. The van der Waals surface area contributed by atoms with Crippen LogP contribution in [0.15, 0.2) is 42.5 Å². The third-order valence-corrected chi connectivity index (χ3v) is 4.35. The average molecular weight is 380 g/mol. The van der Waals surface area contributed by atoms with Crippen LogP contribution in [0.5, 0.6) is 5.75 Å². The minimum Gasteiger partial charge on any atom is -0.492 e. The number of fused-ring (bicyclic) bond motifs is 1. The number of carbonyl (C=O) groups is 1. The monoisotopic (exact) mass is 380 g/mol. The largest absolute Gasteiger partial charge is 0.492 e. The second-order valence-corrected chi connectivity index (χ2v) is 6.19. The summed E-state index contributed by atoms with van der Waals surface area (Å²) in [5, 5.41) is 15.2. The van der Waals surface area contributed by atoms with E-state index in [0.29, 0.717) is 6.42 Å². The fourth-order valence-corrected chi connectivity index (χ4v) is 3.13. The summed E-state index contributed by atoms with van der Waals surface area (Å²) < 4.78 is 44.2. The molecule has 8 heteroatoms. The predicted molar refractivity (Wildman–Crippen MR) is 93.7 cm³/mol. The summed E-state index contributed by atoms with van der Waals surface area (Å²) in [5.74, 6) is 0.132. The van der Waals surface area contributed by atoms with Crippen LogP contribution < -0.4 is 15.4 Å². The third-order valence-electron chi connectivity index (χ3n) is 4.35. The number of ether oxygens (including phenoxy) is 1. The first-order valence-electron chi connectivity index (χ1n) is 8.47. The van der Waals surface area contributed by atoms with Gasteiger partial charge >= 0.3 is 12.2 Å². The molecule has 0 unspecified atom stereocenters. The van der Waals surface area contributed by atoms with Crippen molar-refractivity contribution in [1.29, 1.82) is 0 Å². The molecular formula is C19H19F3N2O3. The Labute approximate surface area is 154 Å². The lowest BCUT2D eigenvalue weighted by Gasteiger charge is -2.20. The predicted octanol–water partition coefficient (Wildman–Crippen LogP) is 3.88. The van der Waals surface area contributed by atoms with E-state index in [1.165, 1.54) is 6.07 Å². The standard InChI is InChI=1S/C19H19F3N2O3/c1-2-27-16-8-7-12(19(20,21)22)10-14(16)23-18(26)24-17-13-6-4-3-5-11(13)9-15(17)25/h3-8,10,15,17,25H,2,9H2,1H3,(H2,23,24,26)/t15-,17+/m0/s1. The van der Waals surface area contributed by atoms with Gasteiger partial charge in [-0.25, -0.2) is 4.79 Å². The highest BCUT2D eigenvalue weighted by atomic mass is 19.4. The Kier molecular flexibility index (Phi) is 5.27. The Morgan fingerprint density at radius 1 is 1.26 bits per heavy atom. The highest BCUT2D eigenvalue weighted by molar-refractivity contribution is 5.91. The van der Waals surface area contributed by atoms with E-state index in [1.54, 1.807) is 19.1 Å². The van der Waals surface area contributed by atoms with Crippen molar-refractivity contribution in [3.63, 3.8) is 0 Å². The Bertz CT molecular complexity index is 839. The molecule has 0 spiro atoms. The SMILES string of the molecule is CCOc1ccc(C(F)(F)F)cc1NC(=O)N[C@@H]1c2ccccc2C[C@@H]1O. The van der Waals surface area contributed by atoms with E-state index in [2.05, 4.69) is 10.6 Å². The van der Waals surface area contributed by atoms with Gasteiger partial charge < -0.3 is 20.5 Å². The summed E-state index contributed by atoms with van der Waals surface area (Å²) in [6.45, 7) is 1.92. The first-order chi connectivity index (χ1) is 12.8. The molecule has 0 saturated carbocycles. The summed E-state index contributed by atoms with van der Waals surface area (Å²) in [6.07, 6.45) is -4.95. The Hall–Kier alpha value is -2.74. The molecule has 2 aromatic rings. The minimum absolute atomic E-state index is 0.0926. The second-order valence-electron chi connectivity index (χ2n) is 6.19. The summed E-state index contributed by atoms with van der Waals surface area (Å²) in [6, 6.07) is 8.81. The second kappa shape index (κ2) is 7.48. The van der Waals surface area contributed by atoms with E-state index >= 15 is 0 Å². The number of anilines is 1. The molecule has 1 aliphatic rings. The maximum atomic E-state index is 13.0. The van der Waals surface area contributed by atoms with Crippen LogP contribution in [-0.2, 0) is 12.6 Å². The molecule has 0 radical (unpaired) electrons. The van der Waals surface area contributed by atoms with Crippen LogP contribution in [0.1, 0.15) is 29.7 Å². The van der Waals surface area contributed by atoms with E-state index < -0.39 is 29.9 Å². The molecule has 0 bridgehead atoms. The smallest absolute Gasteiger partial charge is 0.416 e. The van der Waals surface area contributed by atoms with Gasteiger partial charge in [0.2, 0.25) is 0 Å². The molecule has 0 aliphatic heterocycles. The number of carbonyl (C=O) groups excluding carboxylic acids is 1. The fourth-order valence-electron chi connectivity index (χ4n) is 3.13. The van der Waals surface area contributed by atoms with Gasteiger partial charge in [0, 0.05) is 6.42 Å². The number of hydrogen-bond acceptors (Lipinski definition) is 3. The van der Waals surface area contributed by atoms with Crippen molar-refractivity contribution in [2.75, 3.05) is 11.9 Å². The Morgan fingerprint density at radius 2 is 2.00 bits per heavy atom. The van der Waals surface area contributed by atoms with Crippen molar-refractivity contribution in [2.24, 2.45) is 0 Å². The van der Waals surface area contributed by atoms with Crippen LogP contribution in [-0.4, -0.2) is 23.8 Å². The van der Waals surface area contributed by atoms with Gasteiger partial charge in [-0.1, -0.05) is 24.3 Å². The van der Waals surface area contributed by atoms with Crippen molar-refractivity contribution < 1.29 is 27.8 Å². The van der Waals surface area contributed by atoms with Crippen molar-refractivity contribution in [2.45, 2.75) is 31.7 Å². The van der Waals surface area contributed by atoms with Gasteiger partial charge in [-0.15, -0.1) is 0 Å². The van der Waals surface area contributed by atoms with Gasteiger partial charge in [0.05, 0.1) is 30.0 Å². The zero-order valence-electron chi connectivity index (χ0n) is 14.5. The van der Waals surface area contributed by atoms with E-state index in [4.69, 9.17) is 4.74 Å². The zero-order chi connectivity index (χ0) is 19.6. The normalized spacial score (nSPS) is 18.7. The van der Waals surface area contributed by atoms with Gasteiger partial charge in [-0.05, 0) is 36.2 Å². The Morgan fingerprint density at radius 3 is 2.70 bits per heavy atom. The highest BCUT2D eigenvalue weighted by Gasteiger charge is 2.33. The zero-order valence-corrected chi connectivity index (χ0v) is 14.5. The number of nitrogens with one attached hydrogen (secondary N) is 2. The number of aliphatic hydroxyl groups is 1. The lowest BCUT2D eigenvalue weighted by Crippen LogP contribution is -2.37. The van der Waals surface area contributed by atoms with E-state index in [0.717, 1.165) is 23.3 Å². The molecule has 1 aliphatic carbocycles. The average Bonchev–Trinajstić information content (AvgIpc) is 2.91. The molecule has 0 fully saturated rings. The van der Waals surface area contributed by atoms with Gasteiger partial charge in [0.25, 0.3) is 0 Å². The van der Waals surface area contributed by atoms with Crippen LogP contribution in [0.25, 0.3) is 0 Å². The maximum Gasteiger partial charge on any atom is 0.416 e. The molecule has 0 heterocycles. The summed E-state index contributed by atoms with van der Waals surface area (Å²) in [7, 11) is 0. The first kappa shape index (κ1) is 19.0. The summed E-state index contributed by atoms with van der Waals surface area (Å²) in [5.41, 5.74) is 0.719. The summed E-state index contributed by atoms with van der Waals surface area (Å²) in [4.78, 5) is 12.4. The third kappa shape index (κ3) is 4.16. The molecule has 0 aromatic heterocycles. The molecular weight excluding hydrogens is 361 g/mol. The first-order valence-corrected chi connectivity index (χ1v) is 8.47. The molecule has 27 heavy (non-hydrogen) atoms. The molecule has 3 rings (SSSR count). The van der Waals surface area contributed by atoms with Gasteiger partial charge in [-0.3, -0.25) is 0 Å². The number of benzene rings is 2. The minimum atomic E-state index is -4.54. The maximum absolute atomic E-state index is 13.0. The van der Waals surface area contributed by atoms with Crippen LogP contribution in [0.2, 0.25) is 0 Å². The van der Waals surface area contributed by atoms with Crippen molar-refractivity contribution >= 4 is 11.7 Å². The number of rotatable bonds is 4. The lowest BCUT2D eigenvalue weighted by atomic mass is 10.1. The topological polar surface area (TPSA) is 70.6 Å². The molecule has 0 saturated heterocycles. The van der Waals surface area contributed by atoms with E-state index in [9.17, 15) is 23.1 Å². The van der Waals surface area contributed by atoms with Crippen molar-refractivity contribution in [1.82, 2.24) is 5.32 Å². The highest BCUT2D eigenvalue weighted by Crippen LogP contribution is 2.35. The van der Waals surface area contributed by atoms with Crippen LogP contribution in [0, 0.1) is 0 Å². The number of aliphatic hydroxyl groups excluding tert-OH is 1. The fraction of sp³-hybridized carbons (Fsp3) is 0.316. The number of amides is 2. The Balaban J connectivity index is 1.79. The molecule has 5 nitrogen and oxygen atoms in total. The van der Waals surface area contributed by atoms with E-state index in [-0.39, 0.29) is 18.0 Å². The van der Waals surface area contributed by atoms with Crippen LogP contribution in [0.4, 0.5) is 23.7 Å². The molecule has 2 atom stereocenters. The number of alkyl halides is 3. The van der Waals surface area contributed by atoms with Crippen LogP contribution in [0.3, 0.4) is 0 Å². The lowest BCUT2D eigenvalue weighted by molar-refractivity contribution is -0.137. The van der Waals surface area contributed by atoms with Crippen molar-refractivity contribution in [3.8, 4) is 5.75 Å². The van der Waals surface area contributed by atoms with Crippen molar-refractivity contribution in [3.05, 3.63) is 59.2 Å². The quantitative estimate of drug-likeness (QED) is 0.754. The van der Waals surface area contributed by atoms with Gasteiger partial charge in [0.15, 0.2) is 0 Å². The van der Waals surface area contributed by atoms with Gasteiger partial charge in [-0.2, -0.15) is 13.2 Å². The summed E-state index contributed by atoms with van der Waals surface area (Å²) >= 11 is 0. The number of urea groups is 1. The van der Waals surface area contributed by atoms with Crippen LogP contribution >= 0.6 is 0 Å². The molecule has 2 amide bonds. The van der Waals surface area contributed by atoms with Gasteiger partial charge in [0.1, 0.15) is 5.75 Å². The van der Waals surface area contributed by atoms with E-state index in [1.807, 2.05) is 12.1 Å². The molecule has 3 N–H and O–H groups in total. The number of halogens is 3. The number of hydrogen-bond donors (Lipinski definition) is 3.